The van der Waals surface area contributed by atoms with E-state index in [0.717, 1.165) is 22.2 Å². The van der Waals surface area contributed by atoms with Gasteiger partial charge in [-0.2, -0.15) is 0 Å². The molecule has 3 aromatic rings. The lowest BCUT2D eigenvalue weighted by molar-refractivity contribution is 0.252. The number of anilines is 1. The Bertz CT molecular complexity index is 808. The van der Waals surface area contributed by atoms with Crippen LogP contribution in [0.2, 0.25) is 5.02 Å². The van der Waals surface area contributed by atoms with E-state index in [1.165, 1.54) is 0 Å². The number of urea groups is 1. The molecule has 22 heavy (non-hydrogen) atoms. The monoisotopic (exact) mass is 313 g/mol. The number of rotatable bonds is 3. The van der Waals surface area contributed by atoms with Crippen LogP contribution in [-0.4, -0.2) is 10.6 Å². The van der Waals surface area contributed by atoms with Crippen molar-refractivity contribution in [2.45, 2.75) is 6.54 Å². The topological polar surface area (TPSA) is 46.1 Å². The lowest BCUT2D eigenvalue weighted by Gasteiger charge is -2.07. The van der Waals surface area contributed by atoms with Crippen molar-refractivity contribution in [2.24, 2.45) is 7.05 Å². The summed E-state index contributed by atoms with van der Waals surface area (Å²) in [5, 5.41) is 7.43. The first-order chi connectivity index (χ1) is 10.6. The summed E-state index contributed by atoms with van der Waals surface area (Å²) in [6.45, 7) is 0.452. The Morgan fingerprint density at radius 3 is 2.64 bits per heavy atom. The number of amides is 2. The van der Waals surface area contributed by atoms with Gasteiger partial charge in [0.1, 0.15) is 0 Å². The number of nitrogens with zero attached hydrogens (tertiary/aromatic N) is 1. The minimum absolute atomic E-state index is 0.230. The van der Waals surface area contributed by atoms with Gasteiger partial charge in [-0.15, -0.1) is 0 Å². The average molecular weight is 314 g/mol. The maximum Gasteiger partial charge on any atom is 0.319 e. The van der Waals surface area contributed by atoms with Gasteiger partial charge in [0.2, 0.25) is 0 Å². The predicted octanol–water partition coefficient (Wildman–Crippen LogP) is 4.15. The molecule has 0 bridgehead atoms. The Kier molecular flexibility index (Phi) is 4.02. The number of carbonyl (C=O) groups excluding carboxylic acids is 1. The highest BCUT2D eigenvalue weighted by Gasteiger charge is 2.08. The van der Waals surface area contributed by atoms with Crippen LogP contribution < -0.4 is 10.6 Å². The number of halogens is 1. The Morgan fingerprint density at radius 2 is 1.86 bits per heavy atom. The fourth-order valence-corrected chi connectivity index (χ4v) is 2.52. The number of hydrogen-bond donors (Lipinski definition) is 2. The molecule has 112 valence electrons. The van der Waals surface area contributed by atoms with Crippen LogP contribution in [-0.2, 0) is 13.6 Å². The molecule has 0 fully saturated rings. The van der Waals surface area contributed by atoms with Gasteiger partial charge in [-0.1, -0.05) is 41.9 Å². The molecular weight excluding hydrogens is 298 g/mol. The zero-order valence-electron chi connectivity index (χ0n) is 12.1. The second-order valence-electron chi connectivity index (χ2n) is 5.10. The van der Waals surface area contributed by atoms with Crippen molar-refractivity contribution in [1.29, 1.82) is 0 Å². The van der Waals surface area contributed by atoms with Crippen LogP contribution in [0.4, 0.5) is 10.5 Å². The number of fused-ring (bicyclic) bond motifs is 1. The minimum atomic E-state index is -0.230. The third kappa shape index (κ3) is 3.07. The summed E-state index contributed by atoms with van der Waals surface area (Å²) >= 11 is 5.84. The first kappa shape index (κ1) is 14.5. The molecule has 2 amide bonds. The van der Waals surface area contributed by atoms with E-state index in [2.05, 4.69) is 10.6 Å². The van der Waals surface area contributed by atoms with E-state index < -0.39 is 0 Å². The third-order valence-electron chi connectivity index (χ3n) is 3.51. The second-order valence-corrected chi connectivity index (χ2v) is 5.54. The molecule has 1 aromatic heterocycles. The Hall–Kier alpha value is -2.46. The first-order valence-electron chi connectivity index (χ1n) is 6.97. The summed E-state index contributed by atoms with van der Waals surface area (Å²) < 4.78 is 1.99. The van der Waals surface area contributed by atoms with Gasteiger partial charge in [0, 0.05) is 35.7 Å². The van der Waals surface area contributed by atoms with Crippen LogP contribution in [0.5, 0.6) is 0 Å². The van der Waals surface area contributed by atoms with Crippen molar-refractivity contribution in [2.75, 3.05) is 5.32 Å². The minimum Gasteiger partial charge on any atom is -0.348 e. The number of aromatic nitrogens is 1. The highest BCUT2D eigenvalue weighted by Crippen LogP contribution is 2.24. The van der Waals surface area contributed by atoms with Gasteiger partial charge < -0.3 is 15.2 Å². The van der Waals surface area contributed by atoms with E-state index in [1.54, 1.807) is 12.1 Å². The molecular formula is C17H16ClN3O. The second kappa shape index (κ2) is 6.12. The molecule has 0 atom stereocenters. The standard InChI is InChI=1S/C17H16ClN3O/c1-21-11-15(14-4-2-3-5-16(14)21)20-17(22)19-10-12-6-8-13(18)9-7-12/h2-9,11H,10H2,1H3,(H2,19,20,22). The molecule has 1 heterocycles. The summed E-state index contributed by atoms with van der Waals surface area (Å²) in [5.74, 6) is 0. The van der Waals surface area contributed by atoms with Gasteiger partial charge in [0.05, 0.1) is 5.69 Å². The summed E-state index contributed by atoms with van der Waals surface area (Å²) in [6.07, 6.45) is 1.91. The number of para-hydroxylation sites is 1. The van der Waals surface area contributed by atoms with E-state index in [-0.39, 0.29) is 6.03 Å². The summed E-state index contributed by atoms with van der Waals surface area (Å²) in [5.41, 5.74) is 2.87. The molecule has 0 saturated carbocycles. The largest absolute Gasteiger partial charge is 0.348 e. The molecule has 0 aliphatic rings. The summed E-state index contributed by atoms with van der Waals surface area (Å²) in [6, 6.07) is 15.1. The van der Waals surface area contributed by atoms with Crippen molar-refractivity contribution in [3.63, 3.8) is 0 Å². The predicted molar refractivity (Wildman–Crippen MR) is 90.2 cm³/mol. The van der Waals surface area contributed by atoms with Gasteiger partial charge in [-0.05, 0) is 23.8 Å². The molecule has 0 aliphatic heterocycles. The van der Waals surface area contributed by atoms with Gasteiger partial charge >= 0.3 is 6.03 Å². The fraction of sp³-hybridized carbons (Fsp3) is 0.118. The maximum absolute atomic E-state index is 12.0. The molecule has 5 heteroatoms. The maximum atomic E-state index is 12.0. The molecule has 0 aliphatic carbocycles. The molecule has 3 rings (SSSR count). The number of hydrogen-bond acceptors (Lipinski definition) is 1. The Labute approximate surface area is 133 Å². The number of nitrogens with one attached hydrogen (secondary N) is 2. The Balaban J connectivity index is 1.67. The zero-order chi connectivity index (χ0) is 15.5. The van der Waals surface area contributed by atoms with Crippen molar-refractivity contribution in [3.8, 4) is 0 Å². The lowest BCUT2D eigenvalue weighted by Crippen LogP contribution is -2.28. The summed E-state index contributed by atoms with van der Waals surface area (Å²) in [4.78, 5) is 12.0. The van der Waals surface area contributed by atoms with E-state index >= 15 is 0 Å². The molecule has 4 nitrogen and oxygen atoms in total. The van der Waals surface area contributed by atoms with Crippen molar-refractivity contribution in [1.82, 2.24) is 9.88 Å². The summed E-state index contributed by atoms with van der Waals surface area (Å²) in [7, 11) is 1.96. The van der Waals surface area contributed by atoms with E-state index in [0.29, 0.717) is 11.6 Å². The smallest absolute Gasteiger partial charge is 0.319 e. The first-order valence-corrected chi connectivity index (χ1v) is 7.34. The van der Waals surface area contributed by atoms with Gasteiger partial charge in [0.25, 0.3) is 0 Å². The quantitative estimate of drug-likeness (QED) is 0.749. The molecule has 0 radical (unpaired) electrons. The molecule has 0 spiro atoms. The third-order valence-corrected chi connectivity index (χ3v) is 3.76. The lowest BCUT2D eigenvalue weighted by atomic mass is 10.2. The Morgan fingerprint density at radius 1 is 1.14 bits per heavy atom. The SMILES string of the molecule is Cn1cc(NC(=O)NCc2ccc(Cl)cc2)c2ccccc21. The molecule has 0 saturated heterocycles. The number of benzene rings is 2. The highest BCUT2D eigenvalue weighted by molar-refractivity contribution is 6.30. The van der Waals surface area contributed by atoms with Crippen LogP contribution in [0.1, 0.15) is 5.56 Å². The number of aryl methyl sites for hydroxylation is 1. The highest BCUT2D eigenvalue weighted by atomic mass is 35.5. The van der Waals surface area contributed by atoms with Crippen LogP contribution in [0, 0.1) is 0 Å². The van der Waals surface area contributed by atoms with E-state index in [4.69, 9.17) is 11.6 Å². The average Bonchev–Trinajstić information content (AvgIpc) is 2.83. The normalized spacial score (nSPS) is 10.6. The number of carbonyl (C=O) groups is 1. The van der Waals surface area contributed by atoms with E-state index in [9.17, 15) is 4.79 Å². The molecule has 2 N–H and O–H groups in total. The fourth-order valence-electron chi connectivity index (χ4n) is 2.39. The van der Waals surface area contributed by atoms with Crippen LogP contribution >= 0.6 is 11.6 Å². The molecule has 2 aromatic carbocycles. The van der Waals surface area contributed by atoms with E-state index in [1.807, 2.05) is 54.2 Å². The van der Waals surface area contributed by atoms with Gasteiger partial charge in [-0.25, -0.2) is 4.79 Å². The van der Waals surface area contributed by atoms with Crippen LogP contribution in [0.3, 0.4) is 0 Å². The van der Waals surface area contributed by atoms with Gasteiger partial charge in [0.15, 0.2) is 0 Å². The van der Waals surface area contributed by atoms with Crippen LogP contribution in [0.25, 0.3) is 10.9 Å². The zero-order valence-corrected chi connectivity index (χ0v) is 12.9. The van der Waals surface area contributed by atoms with Crippen molar-refractivity contribution < 1.29 is 4.79 Å². The van der Waals surface area contributed by atoms with Crippen molar-refractivity contribution >= 4 is 34.2 Å². The molecule has 0 unspecified atom stereocenters. The van der Waals surface area contributed by atoms with Crippen molar-refractivity contribution in [3.05, 3.63) is 65.3 Å². The van der Waals surface area contributed by atoms with Gasteiger partial charge in [-0.3, -0.25) is 0 Å². The van der Waals surface area contributed by atoms with Crippen LogP contribution in [0.15, 0.2) is 54.7 Å².